The van der Waals surface area contributed by atoms with Crippen LogP contribution in [-0.4, -0.2) is 19.1 Å². The van der Waals surface area contributed by atoms with Crippen LogP contribution in [0.25, 0.3) is 0 Å². The van der Waals surface area contributed by atoms with Gasteiger partial charge in [0.1, 0.15) is 35.6 Å². The Kier molecular flexibility index (Phi) is 4.84. The monoisotopic (exact) mass is 371 g/mol. The van der Waals surface area contributed by atoms with Crippen molar-refractivity contribution >= 4 is 5.90 Å². The third-order valence-electron chi connectivity index (χ3n) is 3.83. The fourth-order valence-corrected chi connectivity index (χ4v) is 2.64. The number of rotatable bonds is 4. The molecule has 3 nitrogen and oxygen atoms in total. The molecule has 0 aromatic heterocycles. The number of hydrogen-bond donors (Lipinski definition) is 0. The van der Waals surface area contributed by atoms with Gasteiger partial charge in [0.25, 0.3) is 0 Å². The van der Waals surface area contributed by atoms with Crippen LogP contribution in [-0.2, 0) is 10.9 Å². The Bertz CT molecular complexity index is 828. The first-order chi connectivity index (χ1) is 12.3. The Morgan fingerprint density at radius 1 is 1.15 bits per heavy atom. The van der Waals surface area contributed by atoms with Gasteiger partial charge in [-0.05, 0) is 31.2 Å². The molecule has 1 atom stereocenters. The highest BCUT2D eigenvalue weighted by atomic mass is 19.4. The third kappa shape index (κ3) is 3.49. The van der Waals surface area contributed by atoms with Crippen molar-refractivity contribution in [1.29, 1.82) is 0 Å². The number of halogens is 5. The number of benzene rings is 2. The Hall–Kier alpha value is -2.64. The predicted octanol–water partition coefficient (Wildman–Crippen LogP) is 4.90. The molecule has 1 aliphatic rings. The minimum Gasteiger partial charge on any atom is -0.493 e. The van der Waals surface area contributed by atoms with Crippen molar-refractivity contribution in [2.45, 2.75) is 19.1 Å². The van der Waals surface area contributed by atoms with Crippen LogP contribution in [0.5, 0.6) is 5.75 Å². The topological polar surface area (TPSA) is 30.8 Å². The van der Waals surface area contributed by atoms with Crippen LogP contribution in [0.4, 0.5) is 22.0 Å². The molecule has 2 aromatic rings. The van der Waals surface area contributed by atoms with Gasteiger partial charge in [-0.3, -0.25) is 0 Å². The second-order valence-electron chi connectivity index (χ2n) is 5.54. The maximum Gasteiger partial charge on any atom is 0.416 e. The molecular weight excluding hydrogens is 357 g/mol. The lowest BCUT2D eigenvalue weighted by atomic mass is 10.0. The molecule has 8 heteroatoms. The van der Waals surface area contributed by atoms with Crippen molar-refractivity contribution in [3.8, 4) is 5.75 Å². The number of alkyl halides is 3. The van der Waals surface area contributed by atoms with Crippen molar-refractivity contribution < 1.29 is 31.4 Å². The molecule has 1 aliphatic heterocycles. The molecule has 0 aliphatic carbocycles. The van der Waals surface area contributed by atoms with Gasteiger partial charge < -0.3 is 9.47 Å². The SMILES string of the molecule is CCOc1cc(C(F)(F)F)ccc1C1COC(c2c(F)cccc2F)=N1. The lowest BCUT2D eigenvalue weighted by Crippen LogP contribution is -2.08. The molecule has 0 N–H and O–H groups in total. The zero-order valence-electron chi connectivity index (χ0n) is 13.6. The Morgan fingerprint density at radius 2 is 1.85 bits per heavy atom. The molecule has 1 heterocycles. The summed E-state index contributed by atoms with van der Waals surface area (Å²) in [5.74, 6) is -1.88. The first kappa shape index (κ1) is 18.2. The summed E-state index contributed by atoms with van der Waals surface area (Å²) in [6, 6.07) is 5.66. The minimum atomic E-state index is -4.51. The second kappa shape index (κ2) is 6.93. The number of nitrogens with zero attached hydrogens (tertiary/aromatic N) is 1. The number of hydrogen-bond acceptors (Lipinski definition) is 3. The Labute approximate surface area is 146 Å². The summed E-state index contributed by atoms with van der Waals surface area (Å²) < 4.78 is 77.0. The van der Waals surface area contributed by atoms with Gasteiger partial charge in [-0.2, -0.15) is 13.2 Å². The summed E-state index contributed by atoms with van der Waals surface area (Å²) in [4.78, 5) is 4.14. The molecular formula is C18H14F5NO2. The molecule has 0 fully saturated rings. The first-order valence-electron chi connectivity index (χ1n) is 7.80. The molecule has 26 heavy (non-hydrogen) atoms. The van der Waals surface area contributed by atoms with E-state index in [2.05, 4.69) is 4.99 Å². The highest BCUT2D eigenvalue weighted by molar-refractivity contribution is 5.95. The fraction of sp³-hybridized carbons (Fsp3) is 0.278. The van der Waals surface area contributed by atoms with E-state index in [0.717, 1.165) is 24.3 Å². The summed E-state index contributed by atoms with van der Waals surface area (Å²) in [5, 5.41) is 0. The molecule has 0 radical (unpaired) electrons. The molecule has 0 amide bonds. The van der Waals surface area contributed by atoms with Crippen LogP contribution in [0.2, 0.25) is 0 Å². The molecule has 2 aromatic carbocycles. The van der Waals surface area contributed by atoms with Crippen LogP contribution >= 0.6 is 0 Å². The highest BCUT2D eigenvalue weighted by Gasteiger charge is 2.33. The van der Waals surface area contributed by atoms with Crippen molar-refractivity contribution in [1.82, 2.24) is 0 Å². The van der Waals surface area contributed by atoms with Gasteiger partial charge in [-0.15, -0.1) is 0 Å². The van der Waals surface area contributed by atoms with Crippen LogP contribution in [0.15, 0.2) is 41.4 Å². The third-order valence-corrected chi connectivity index (χ3v) is 3.83. The maximum atomic E-state index is 13.9. The van der Waals surface area contributed by atoms with Gasteiger partial charge >= 0.3 is 6.18 Å². The zero-order valence-corrected chi connectivity index (χ0v) is 13.6. The molecule has 138 valence electrons. The standard InChI is InChI=1S/C18H14F5NO2/c1-2-25-15-8-10(18(21,22)23)6-7-11(15)14-9-26-17(24-14)16-12(19)4-3-5-13(16)20/h3-8,14H,2,9H2,1H3. The van der Waals surface area contributed by atoms with Gasteiger partial charge in [0.2, 0.25) is 5.90 Å². The fourth-order valence-electron chi connectivity index (χ4n) is 2.64. The zero-order chi connectivity index (χ0) is 18.9. The normalized spacial score (nSPS) is 17.0. The lowest BCUT2D eigenvalue weighted by molar-refractivity contribution is -0.137. The quantitative estimate of drug-likeness (QED) is 0.716. The van der Waals surface area contributed by atoms with E-state index < -0.39 is 35.0 Å². The predicted molar refractivity (Wildman–Crippen MR) is 84.2 cm³/mol. The Morgan fingerprint density at radius 3 is 2.46 bits per heavy atom. The average molecular weight is 371 g/mol. The van der Waals surface area contributed by atoms with Crippen LogP contribution in [0, 0.1) is 11.6 Å². The lowest BCUT2D eigenvalue weighted by Gasteiger charge is -2.15. The summed E-state index contributed by atoms with van der Waals surface area (Å²) in [6.45, 7) is 1.73. The molecule has 3 rings (SSSR count). The van der Waals surface area contributed by atoms with Crippen molar-refractivity contribution in [3.05, 3.63) is 64.7 Å². The Balaban J connectivity index is 1.98. The smallest absolute Gasteiger partial charge is 0.416 e. The second-order valence-corrected chi connectivity index (χ2v) is 5.54. The van der Waals surface area contributed by atoms with E-state index >= 15 is 0 Å². The first-order valence-corrected chi connectivity index (χ1v) is 7.80. The summed E-state index contributed by atoms with van der Waals surface area (Å²) >= 11 is 0. The number of ether oxygens (including phenoxy) is 2. The van der Waals surface area contributed by atoms with E-state index in [4.69, 9.17) is 9.47 Å². The summed E-state index contributed by atoms with van der Waals surface area (Å²) in [7, 11) is 0. The number of aliphatic imine (C=N–C) groups is 1. The van der Waals surface area contributed by atoms with E-state index in [-0.39, 0.29) is 24.9 Å². The van der Waals surface area contributed by atoms with E-state index in [1.807, 2.05) is 0 Å². The molecule has 0 bridgehead atoms. The van der Waals surface area contributed by atoms with Crippen LogP contribution in [0.1, 0.15) is 29.7 Å². The van der Waals surface area contributed by atoms with Crippen molar-refractivity contribution in [3.63, 3.8) is 0 Å². The van der Waals surface area contributed by atoms with Crippen molar-refractivity contribution in [2.24, 2.45) is 4.99 Å². The van der Waals surface area contributed by atoms with E-state index in [9.17, 15) is 22.0 Å². The maximum absolute atomic E-state index is 13.9. The summed E-state index contributed by atoms with van der Waals surface area (Å²) in [5.41, 5.74) is -0.903. The molecule has 0 saturated heterocycles. The van der Waals surface area contributed by atoms with Crippen molar-refractivity contribution in [2.75, 3.05) is 13.2 Å². The van der Waals surface area contributed by atoms with Crippen LogP contribution < -0.4 is 4.74 Å². The minimum absolute atomic E-state index is 0.00919. The average Bonchev–Trinajstić information content (AvgIpc) is 3.03. The van der Waals surface area contributed by atoms with Gasteiger partial charge in [0.15, 0.2) is 0 Å². The van der Waals surface area contributed by atoms with Gasteiger partial charge in [-0.1, -0.05) is 12.1 Å². The van der Waals surface area contributed by atoms with E-state index in [0.29, 0.717) is 5.56 Å². The molecule has 0 spiro atoms. The molecule has 0 saturated carbocycles. The molecule has 1 unspecified atom stereocenters. The van der Waals surface area contributed by atoms with Gasteiger partial charge in [0, 0.05) is 5.56 Å². The van der Waals surface area contributed by atoms with E-state index in [1.54, 1.807) is 6.92 Å². The largest absolute Gasteiger partial charge is 0.493 e. The van der Waals surface area contributed by atoms with Gasteiger partial charge in [-0.25, -0.2) is 13.8 Å². The van der Waals surface area contributed by atoms with Gasteiger partial charge in [0.05, 0.1) is 12.2 Å². The highest BCUT2D eigenvalue weighted by Crippen LogP contribution is 2.38. The summed E-state index contributed by atoms with van der Waals surface area (Å²) in [6.07, 6.45) is -4.51. The van der Waals surface area contributed by atoms with Crippen LogP contribution in [0.3, 0.4) is 0 Å². The van der Waals surface area contributed by atoms with E-state index in [1.165, 1.54) is 12.1 Å².